The zero-order valence-electron chi connectivity index (χ0n) is 15.8. The molecule has 0 bridgehead atoms. The Labute approximate surface area is 177 Å². The van der Waals surface area contributed by atoms with Crippen LogP contribution in [0.1, 0.15) is 5.56 Å². The summed E-state index contributed by atoms with van der Waals surface area (Å²) in [4.78, 5) is 10.6. The lowest BCUT2D eigenvalue weighted by Crippen LogP contribution is -2.17. The molecule has 0 atom stereocenters. The average molecular weight is 414 g/mol. The number of hydrogen-bond donors (Lipinski definition) is 0. The van der Waals surface area contributed by atoms with E-state index >= 15 is 0 Å². The van der Waals surface area contributed by atoms with Gasteiger partial charge in [0.25, 0.3) is 5.89 Å². The van der Waals surface area contributed by atoms with Crippen molar-refractivity contribution in [3.05, 3.63) is 95.9 Å². The highest BCUT2D eigenvalue weighted by atomic mass is 35.5. The van der Waals surface area contributed by atoms with Crippen LogP contribution in [0.2, 0.25) is 5.15 Å². The Morgan fingerprint density at radius 1 is 0.900 bits per heavy atom. The maximum absolute atomic E-state index is 6.51. The van der Waals surface area contributed by atoms with Crippen molar-refractivity contribution in [2.24, 2.45) is 0 Å². The third-order valence-corrected chi connectivity index (χ3v) is 5.03. The third-order valence-electron chi connectivity index (χ3n) is 4.70. The number of anilines is 2. The summed E-state index contributed by atoms with van der Waals surface area (Å²) in [5, 5.41) is 9.94. The number of halogens is 1. The molecule has 146 valence electrons. The molecule has 0 aliphatic heterocycles. The van der Waals surface area contributed by atoms with E-state index in [0.717, 1.165) is 27.7 Å². The second kappa shape index (κ2) is 7.93. The van der Waals surface area contributed by atoms with Crippen molar-refractivity contribution < 1.29 is 4.42 Å². The van der Waals surface area contributed by atoms with Gasteiger partial charge in [-0.1, -0.05) is 53.1 Å². The van der Waals surface area contributed by atoms with Crippen LogP contribution >= 0.6 is 11.6 Å². The minimum Gasteiger partial charge on any atom is -0.403 e. The van der Waals surface area contributed by atoms with Crippen LogP contribution in [0.3, 0.4) is 0 Å². The van der Waals surface area contributed by atoms with Crippen LogP contribution in [-0.2, 0) is 6.54 Å². The third kappa shape index (κ3) is 3.60. The van der Waals surface area contributed by atoms with Crippen molar-refractivity contribution in [1.29, 1.82) is 0 Å². The molecule has 0 saturated heterocycles. The van der Waals surface area contributed by atoms with E-state index in [1.807, 2.05) is 77.7 Å². The molecule has 5 rings (SSSR count). The van der Waals surface area contributed by atoms with Crippen molar-refractivity contribution in [1.82, 2.24) is 20.2 Å². The largest absolute Gasteiger partial charge is 0.403 e. The van der Waals surface area contributed by atoms with Gasteiger partial charge in [0, 0.05) is 29.0 Å². The first kappa shape index (κ1) is 18.3. The molecule has 7 heteroatoms. The van der Waals surface area contributed by atoms with E-state index in [2.05, 4.69) is 20.2 Å². The Morgan fingerprint density at radius 3 is 2.57 bits per heavy atom. The van der Waals surface area contributed by atoms with Gasteiger partial charge in [-0.25, -0.2) is 4.98 Å². The van der Waals surface area contributed by atoms with Crippen molar-refractivity contribution in [2.75, 3.05) is 4.90 Å². The van der Waals surface area contributed by atoms with Crippen LogP contribution in [0, 0.1) is 0 Å². The number of benzene rings is 2. The molecular formula is C23H16ClN5O. The van der Waals surface area contributed by atoms with Crippen LogP contribution < -0.4 is 4.90 Å². The predicted octanol–water partition coefficient (Wildman–Crippen LogP) is 5.67. The number of fused-ring (bicyclic) bond motifs is 1. The van der Waals surface area contributed by atoms with Crippen LogP contribution in [-0.4, -0.2) is 20.2 Å². The van der Waals surface area contributed by atoms with E-state index in [4.69, 9.17) is 16.0 Å². The molecule has 0 aliphatic carbocycles. The normalized spacial score (nSPS) is 11.0. The van der Waals surface area contributed by atoms with Crippen molar-refractivity contribution in [3.63, 3.8) is 0 Å². The summed E-state index contributed by atoms with van der Waals surface area (Å²) in [7, 11) is 0. The molecule has 0 radical (unpaired) electrons. The molecule has 0 fully saturated rings. The summed E-state index contributed by atoms with van der Waals surface area (Å²) in [6.45, 7) is 0.426. The Bertz CT molecular complexity index is 1290. The quantitative estimate of drug-likeness (QED) is 0.346. The summed E-state index contributed by atoms with van der Waals surface area (Å²) < 4.78 is 5.99. The van der Waals surface area contributed by atoms with E-state index in [-0.39, 0.29) is 0 Å². The van der Waals surface area contributed by atoms with E-state index in [0.29, 0.717) is 23.6 Å². The Morgan fingerprint density at radius 2 is 1.73 bits per heavy atom. The molecule has 6 nitrogen and oxygen atoms in total. The van der Waals surface area contributed by atoms with Gasteiger partial charge < -0.3 is 4.42 Å². The van der Waals surface area contributed by atoms with E-state index < -0.39 is 0 Å². The van der Waals surface area contributed by atoms with Crippen molar-refractivity contribution >= 4 is 34.2 Å². The fourth-order valence-electron chi connectivity index (χ4n) is 3.23. The van der Waals surface area contributed by atoms with Crippen LogP contribution in [0.4, 0.5) is 11.7 Å². The minimum absolute atomic E-state index is 0.365. The molecule has 3 heterocycles. The second-order valence-electron chi connectivity index (χ2n) is 6.68. The van der Waals surface area contributed by atoms with Crippen LogP contribution in [0.5, 0.6) is 0 Å². The first-order chi connectivity index (χ1) is 14.8. The number of pyridine rings is 2. The molecule has 30 heavy (non-hydrogen) atoms. The maximum Gasteiger partial charge on any atom is 0.323 e. The number of aromatic nitrogens is 4. The summed E-state index contributed by atoms with van der Waals surface area (Å²) >= 11 is 6.51. The average Bonchev–Trinajstić information content (AvgIpc) is 3.29. The van der Waals surface area contributed by atoms with E-state index in [1.165, 1.54) is 0 Å². The lowest BCUT2D eigenvalue weighted by Gasteiger charge is -2.21. The van der Waals surface area contributed by atoms with Gasteiger partial charge in [-0.3, -0.25) is 9.88 Å². The Kier molecular flexibility index (Phi) is 4.83. The Balaban J connectivity index is 1.56. The molecule has 0 aliphatic rings. The highest BCUT2D eigenvalue weighted by molar-refractivity contribution is 6.30. The maximum atomic E-state index is 6.51. The molecular weight excluding hydrogens is 398 g/mol. The SMILES string of the molecule is Clc1nc2ccccc2cc1CN(c1ccccc1)c1nnc(-c2cccnc2)o1. The van der Waals surface area contributed by atoms with Gasteiger partial charge >= 0.3 is 6.01 Å². The van der Waals surface area contributed by atoms with Gasteiger partial charge in [-0.15, -0.1) is 5.10 Å². The minimum atomic E-state index is 0.365. The zero-order valence-corrected chi connectivity index (χ0v) is 16.6. The fourth-order valence-corrected chi connectivity index (χ4v) is 3.43. The molecule has 2 aromatic carbocycles. The summed E-state index contributed by atoms with van der Waals surface area (Å²) in [5.74, 6) is 0.404. The van der Waals surface area contributed by atoms with E-state index in [1.54, 1.807) is 12.4 Å². The summed E-state index contributed by atoms with van der Waals surface area (Å²) in [6, 6.07) is 23.8. The number of rotatable bonds is 5. The second-order valence-corrected chi connectivity index (χ2v) is 7.04. The van der Waals surface area contributed by atoms with Crippen LogP contribution in [0.15, 0.2) is 89.6 Å². The molecule has 0 saturated carbocycles. The number of hydrogen-bond acceptors (Lipinski definition) is 6. The van der Waals surface area contributed by atoms with Gasteiger partial charge in [0.2, 0.25) is 0 Å². The smallest absolute Gasteiger partial charge is 0.323 e. The van der Waals surface area contributed by atoms with Crippen LogP contribution in [0.25, 0.3) is 22.4 Å². The van der Waals surface area contributed by atoms with E-state index in [9.17, 15) is 0 Å². The van der Waals surface area contributed by atoms with Gasteiger partial charge in [0.05, 0.1) is 17.6 Å². The van der Waals surface area contributed by atoms with Gasteiger partial charge in [0.15, 0.2) is 0 Å². The summed E-state index contributed by atoms with van der Waals surface area (Å²) in [5.41, 5.74) is 3.38. The first-order valence-corrected chi connectivity index (χ1v) is 9.76. The molecule has 0 amide bonds. The Hall–Kier alpha value is -3.77. The highest BCUT2D eigenvalue weighted by Gasteiger charge is 2.20. The lowest BCUT2D eigenvalue weighted by atomic mass is 10.1. The van der Waals surface area contributed by atoms with Gasteiger partial charge in [0.1, 0.15) is 5.15 Å². The molecule has 5 aromatic rings. The standard InChI is InChI=1S/C23H16ClN5O/c24-21-18(13-16-7-4-5-11-20(16)26-21)15-29(19-9-2-1-3-10-19)23-28-27-22(30-23)17-8-6-12-25-14-17/h1-14H,15H2. The topological polar surface area (TPSA) is 67.9 Å². The monoisotopic (exact) mass is 413 g/mol. The van der Waals surface area contributed by atoms with Crippen molar-refractivity contribution in [3.8, 4) is 11.5 Å². The zero-order chi connectivity index (χ0) is 20.3. The highest BCUT2D eigenvalue weighted by Crippen LogP contribution is 2.31. The molecule has 0 spiro atoms. The number of para-hydroxylation sites is 2. The lowest BCUT2D eigenvalue weighted by molar-refractivity contribution is 0.561. The molecule has 3 aromatic heterocycles. The summed E-state index contributed by atoms with van der Waals surface area (Å²) in [6.07, 6.45) is 3.39. The fraction of sp³-hybridized carbons (Fsp3) is 0.0435. The molecule has 0 N–H and O–H groups in total. The first-order valence-electron chi connectivity index (χ1n) is 9.38. The van der Waals surface area contributed by atoms with Gasteiger partial charge in [-0.2, -0.15) is 0 Å². The van der Waals surface area contributed by atoms with Crippen molar-refractivity contribution in [2.45, 2.75) is 6.54 Å². The molecule has 0 unspecified atom stereocenters. The number of nitrogens with zero attached hydrogens (tertiary/aromatic N) is 5. The van der Waals surface area contributed by atoms with Gasteiger partial charge in [-0.05, 0) is 36.4 Å². The predicted molar refractivity (Wildman–Crippen MR) is 117 cm³/mol.